The lowest BCUT2D eigenvalue weighted by Crippen LogP contribution is -2.22. The number of nitrogens with one attached hydrogen (secondary N) is 1. The van der Waals surface area contributed by atoms with E-state index in [2.05, 4.69) is 23.8 Å². The van der Waals surface area contributed by atoms with Crippen molar-refractivity contribution in [1.82, 2.24) is 5.32 Å². The lowest BCUT2D eigenvalue weighted by atomic mass is 9.71. The molecule has 0 saturated carbocycles. The third-order valence-corrected chi connectivity index (χ3v) is 7.17. The van der Waals surface area contributed by atoms with Crippen molar-refractivity contribution < 1.29 is 26.3 Å². The minimum absolute atomic E-state index is 0.0548. The van der Waals surface area contributed by atoms with Crippen LogP contribution in [0.3, 0.4) is 0 Å². The number of benzene rings is 1. The molecular formula is C32H39ClF6N2. The summed E-state index contributed by atoms with van der Waals surface area (Å²) in [5.41, 5.74) is 1.75. The maximum absolute atomic E-state index is 13.7. The Kier molecular flexibility index (Phi) is 14.1. The second kappa shape index (κ2) is 16.0. The summed E-state index contributed by atoms with van der Waals surface area (Å²) in [5.74, 6) is 0. The first-order chi connectivity index (χ1) is 19.0. The molecule has 0 fully saturated rings. The van der Waals surface area contributed by atoms with E-state index in [1.165, 1.54) is 11.6 Å². The van der Waals surface area contributed by atoms with Gasteiger partial charge in [-0.15, -0.1) is 0 Å². The van der Waals surface area contributed by atoms with Crippen molar-refractivity contribution >= 4 is 22.9 Å². The average Bonchev–Trinajstić information content (AvgIpc) is 2.88. The lowest BCUT2D eigenvalue weighted by Gasteiger charge is -2.34. The standard InChI is InChI=1S/C32H39ClF6N2/c1-8-41-29(19-23(3)31(34,35)36)28-20-26(32(37,38)39)14-15-27(28)24(4)25(5)30(6,16-12-18-40-7)21-22(2)13-10-9-11-17-33/h8-11,13-15,17,19-20,40H,1,12,16,18,21H2,2-7H3/b10-9-,17-11+,22-13+,23-19+,25-24+,41-29?. The zero-order chi connectivity index (χ0) is 31.4. The summed E-state index contributed by atoms with van der Waals surface area (Å²) >= 11 is 5.57. The highest BCUT2D eigenvalue weighted by atomic mass is 35.5. The van der Waals surface area contributed by atoms with Crippen LogP contribution in [0.4, 0.5) is 26.3 Å². The predicted molar refractivity (Wildman–Crippen MR) is 160 cm³/mol. The lowest BCUT2D eigenvalue weighted by molar-refractivity contribution is -0.137. The van der Waals surface area contributed by atoms with E-state index < -0.39 is 28.9 Å². The van der Waals surface area contributed by atoms with E-state index in [9.17, 15) is 26.3 Å². The highest BCUT2D eigenvalue weighted by Gasteiger charge is 2.34. The smallest absolute Gasteiger partial charge is 0.320 e. The van der Waals surface area contributed by atoms with Crippen LogP contribution in [0.15, 0.2) is 88.6 Å². The number of nitrogens with zero attached hydrogens (tertiary/aromatic N) is 1. The molecule has 41 heavy (non-hydrogen) atoms. The molecule has 9 heteroatoms. The van der Waals surface area contributed by atoms with Crippen LogP contribution >= 0.6 is 11.6 Å². The molecule has 1 N–H and O–H groups in total. The van der Waals surface area contributed by atoms with E-state index in [4.69, 9.17) is 11.6 Å². The third kappa shape index (κ3) is 11.2. The topological polar surface area (TPSA) is 24.4 Å². The normalized spacial score (nSPS) is 16.4. The predicted octanol–water partition coefficient (Wildman–Crippen LogP) is 10.6. The molecule has 2 nitrogen and oxygen atoms in total. The second-order valence-corrected chi connectivity index (χ2v) is 10.4. The largest absolute Gasteiger partial charge is 0.416 e. The number of hydrogen-bond donors (Lipinski definition) is 1. The van der Waals surface area contributed by atoms with E-state index in [-0.39, 0.29) is 11.3 Å². The van der Waals surface area contributed by atoms with Crippen LogP contribution in [-0.4, -0.2) is 25.5 Å². The number of hydrogen-bond acceptors (Lipinski definition) is 2. The second-order valence-electron chi connectivity index (χ2n) is 10.2. The molecule has 1 aromatic rings. The average molecular weight is 601 g/mol. The van der Waals surface area contributed by atoms with Crippen molar-refractivity contribution in [2.45, 2.75) is 66.2 Å². The van der Waals surface area contributed by atoms with Crippen molar-refractivity contribution in [3.05, 3.63) is 100 Å². The fraction of sp³-hybridized carbons (Fsp3) is 0.406. The Morgan fingerprint density at radius 1 is 1.00 bits per heavy atom. The van der Waals surface area contributed by atoms with Gasteiger partial charge < -0.3 is 5.32 Å². The summed E-state index contributed by atoms with van der Waals surface area (Å²) in [6, 6.07) is 3.11. The molecule has 0 amide bonds. The van der Waals surface area contributed by atoms with Crippen LogP contribution in [0.25, 0.3) is 5.57 Å². The first-order valence-electron chi connectivity index (χ1n) is 13.1. The Hall–Kier alpha value is -2.84. The maximum atomic E-state index is 13.7. The van der Waals surface area contributed by atoms with E-state index in [0.717, 1.165) is 61.9 Å². The van der Waals surface area contributed by atoms with Gasteiger partial charge in [0.05, 0.1) is 11.3 Å². The molecule has 0 saturated heterocycles. The van der Waals surface area contributed by atoms with Crippen LogP contribution in [0, 0.1) is 5.41 Å². The van der Waals surface area contributed by atoms with Crippen LogP contribution in [0.5, 0.6) is 0 Å². The summed E-state index contributed by atoms with van der Waals surface area (Å²) < 4.78 is 81.4. The number of allylic oxidation sites excluding steroid dienone is 9. The Morgan fingerprint density at radius 2 is 1.66 bits per heavy atom. The summed E-state index contributed by atoms with van der Waals surface area (Å²) in [6.45, 7) is 12.9. The fourth-order valence-electron chi connectivity index (χ4n) is 4.55. The number of rotatable bonds is 13. The Balaban J connectivity index is 3.94. The summed E-state index contributed by atoms with van der Waals surface area (Å²) in [5, 5.41) is 3.14. The molecule has 0 aliphatic rings. The molecule has 0 radical (unpaired) electrons. The molecule has 1 unspecified atom stereocenters. The molecule has 0 aromatic heterocycles. The molecule has 0 heterocycles. The molecule has 0 spiro atoms. The zero-order valence-electron chi connectivity index (χ0n) is 24.4. The van der Waals surface area contributed by atoms with Gasteiger partial charge in [0.15, 0.2) is 0 Å². The molecule has 226 valence electrons. The summed E-state index contributed by atoms with van der Waals surface area (Å²) in [7, 11) is 1.86. The first kappa shape index (κ1) is 36.2. The van der Waals surface area contributed by atoms with Gasteiger partial charge in [0, 0.05) is 22.9 Å². The van der Waals surface area contributed by atoms with Crippen molar-refractivity contribution in [2.75, 3.05) is 13.6 Å². The molecule has 0 aliphatic carbocycles. The van der Waals surface area contributed by atoms with Gasteiger partial charge in [-0.05, 0) is 95.3 Å². The van der Waals surface area contributed by atoms with Crippen molar-refractivity contribution in [3.8, 4) is 0 Å². The molecule has 0 bridgehead atoms. The van der Waals surface area contributed by atoms with Gasteiger partial charge in [0.1, 0.15) is 0 Å². The van der Waals surface area contributed by atoms with Gasteiger partial charge in [-0.1, -0.05) is 66.6 Å². The maximum Gasteiger partial charge on any atom is 0.416 e. The van der Waals surface area contributed by atoms with Gasteiger partial charge >= 0.3 is 12.4 Å². The summed E-state index contributed by atoms with van der Waals surface area (Å²) in [4.78, 5) is 3.97. The molecule has 1 rings (SSSR count). The van der Waals surface area contributed by atoms with Gasteiger partial charge in [-0.2, -0.15) is 26.3 Å². The van der Waals surface area contributed by atoms with Gasteiger partial charge in [0.2, 0.25) is 0 Å². The zero-order valence-corrected chi connectivity index (χ0v) is 25.2. The fourth-order valence-corrected chi connectivity index (χ4v) is 4.63. The van der Waals surface area contributed by atoms with Crippen LogP contribution in [-0.2, 0) is 6.18 Å². The SMILES string of the molecule is C=CN=C(/C=C(\C)C(F)(F)F)c1cc(C(F)(F)F)ccc1/C(C)=C(\C)C(C)(CCCNC)C/C(C)=C/C=C\C=C\Cl. The van der Waals surface area contributed by atoms with Crippen molar-refractivity contribution in [1.29, 1.82) is 0 Å². The first-order valence-corrected chi connectivity index (χ1v) is 13.5. The Labute approximate surface area is 245 Å². The van der Waals surface area contributed by atoms with Crippen LogP contribution < -0.4 is 5.32 Å². The Morgan fingerprint density at radius 3 is 2.20 bits per heavy atom. The molecule has 0 aliphatic heterocycles. The highest BCUT2D eigenvalue weighted by Crippen LogP contribution is 2.43. The summed E-state index contributed by atoms with van der Waals surface area (Å²) in [6.07, 6.45) is 2.01. The number of halogens is 7. The van der Waals surface area contributed by atoms with Gasteiger partial charge in [-0.25, -0.2) is 0 Å². The minimum Gasteiger partial charge on any atom is -0.320 e. The molecule has 1 aromatic carbocycles. The molecular weight excluding hydrogens is 562 g/mol. The van der Waals surface area contributed by atoms with E-state index in [0.29, 0.717) is 17.6 Å². The van der Waals surface area contributed by atoms with E-state index in [1.807, 2.05) is 33.0 Å². The number of aliphatic imine (C=N–C) groups is 1. The quantitative estimate of drug-likeness (QED) is 0.104. The van der Waals surface area contributed by atoms with Crippen LogP contribution in [0.1, 0.15) is 70.6 Å². The monoisotopic (exact) mass is 600 g/mol. The van der Waals surface area contributed by atoms with E-state index in [1.54, 1.807) is 19.1 Å². The van der Waals surface area contributed by atoms with Crippen molar-refractivity contribution in [3.63, 3.8) is 0 Å². The van der Waals surface area contributed by atoms with Gasteiger partial charge in [0.25, 0.3) is 0 Å². The highest BCUT2D eigenvalue weighted by molar-refractivity contribution is 6.25. The van der Waals surface area contributed by atoms with Gasteiger partial charge in [-0.3, -0.25) is 4.99 Å². The third-order valence-electron chi connectivity index (χ3n) is 7.03. The van der Waals surface area contributed by atoms with Crippen LogP contribution in [0.2, 0.25) is 0 Å². The minimum atomic E-state index is -4.70. The molecule has 1 atom stereocenters. The number of alkyl halides is 6. The van der Waals surface area contributed by atoms with Crippen molar-refractivity contribution in [2.24, 2.45) is 10.4 Å². The Bertz CT molecular complexity index is 1230. The van der Waals surface area contributed by atoms with E-state index >= 15 is 0 Å².